The van der Waals surface area contributed by atoms with Crippen molar-refractivity contribution in [3.8, 4) is 5.75 Å². The zero-order valence-electron chi connectivity index (χ0n) is 16.6. The fourth-order valence-electron chi connectivity index (χ4n) is 3.06. The Morgan fingerprint density at radius 1 is 0.962 bits per heavy atom. The molecule has 0 bridgehead atoms. The average molecular weight is 373 g/mol. The van der Waals surface area contributed by atoms with Gasteiger partial charge in [0.2, 0.25) is 0 Å². The highest BCUT2D eigenvalue weighted by molar-refractivity contribution is 6.33. The van der Waals surface area contributed by atoms with E-state index in [1.165, 1.54) is 0 Å². The lowest BCUT2D eigenvalue weighted by Crippen LogP contribution is -2.18. The van der Waals surface area contributed by atoms with E-state index in [4.69, 9.17) is 11.6 Å². The summed E-state index contributed by atoms with van der Waals surface area (Å²) in [6, 6.07) is 11.2. The molecule has 0 radical (unpaired) electrons. The maximum Gasteiger partial charge on any atom is 0.164 e. The van der Waals surface area contributed by atoms with Gasteiger partial charge in [0.15, 0.2) is 5.78 Å². The number of aromatic hydroxyl groups is 1. The second kappa shape index (κ2) is 7.44. The molecule has 26 heavy (non-hydrogen) atoms. The Morgan fingerprint density at radius 2 is 1.46 bits per heavy atom. The lowest BCUT2D eigenvalue weighted by atomic mass is 9.78. The highest BCUT2D eigenvalue weighted by atomic mass is 35.5. The number of carbonyl (C=O) groups excluding carboxylic acids is 1. The quantitative estimate of drug-likeness (QED) is 0.625. The van der Waals surface area contributed by atoms with E-state index in [9.17, 15) is 9.90 Å². The van der Waals surface area contributed by atoms with Gasteiger partial charge in [-0.05, 0) is 46.1 Å². The van der Waals surface area contributed by atoms with Crippen molar-refractivity contribution in [2.24, 2.45) is 0 Å². The first-order valence-corrected chi connectivity index (χ1v) is 9.43. The first-order chi connectivity index (χ1) is 11.9. The van der Waals surface area contributed by atoms with Crippen LogP contribution in [0.1, 0.15) is 75.0 Å². The molecule has 3 heteroatoms. The number of aryl methyl sites for hydroxylation is 1. The summed E-state index contributed by atoms with van der Waals surface area (Å²) < 4.78 is 0. The van der Waals surface area contributed by atoms with Crippen LogP contribution >= 0.6 is 11.6 Å². The third-order valence-electron chi connectivity index (χ3n) is 4.60. The van der Waals surface area contributed by atoms with Crippen molar-refractivity contribution < 1.29 is 9.90 Å². The number of rotatable bonds is 4. The number of Topliss-reactive ketones (excluding diaryl/α,β-unsaturated/α-hetero) is 1. The first kappa shape index (κ1) is 20.5. The van der Waals surface area contributed by atoms with Crippen LogP contribution in [0.5, 0.6) is 5.75 Å². The van der Waals surface area contributed by atoms with Crippen LogP contribution in [0.25, 0.3) is 0 Å². The van der Waals surface area contributed by atoms with Crippen molar-refractivity contribution in [1.29, 1.82) is 0 Å². The van der Waals surface area contributed by atoms with Gasteiger partial charge in [-0.2, -0.15) is 0 Å². The Morgan fingerprint density at radius 3 is 1.92 bits per heavy atom. The summed E-state index contributed by atoms with van der Waals surface area (Å²) in [6.45, 7) is 12.5. The standard InChI is InChI=1S/C23H29ClO2/c1-22(2,3)17-13-15(14-18(21(17)26)23(4,5)6)11-12-20(25)16-9-7-8-10-19(16)24/h7-10,13-14,26H,11-12H2,1-6H3. The van der Waals surface area contributed by atoms with Crippen molar-refractivity contribution in [3.05, 3.63) is 63.7 Å². The van der Waals surface area contributed by atoms with Crippen LogP contribution in [0.4, 0.5) is 0 Å². The number of halogens is 1. The summed E-state index contributed by atoms with van der Waals surface area (Å²) >= 11 is 6.14. The van der Waals surface area contributed by atoms with Gasteiger partial charge in [0.1, 0.15) is 5.75 Å². The third kappa shape index (κ3) is 4.67. The molecule has 140 valence electrons. The maximum atomic E-state index is 12.5. The minimum absolute atomic E-state index is 0.0401. The average Bonchev–Trinajstić information content (AvgIpc) is 2.51. The van der Waals surface area contributed by atoms with Crippen LogP contribution < -0.4 is 0 Å². The molecule has 2 aromatic rings. The molecule has 0 spiro atoms. The summed E-state index contributed by atoms with van der Waals surface area (Å²) in [5, 5.41) is 11.3. The third-order valence-corrected chi connectivity index (χ3v) is 4.93. The molecule has 0 aliphatic carbocycles. The summed E-state index contributed by atoms with van der Waals surface area (Å²) in [7, 11) is 0. The first-order valence-electron chi connectivity index (χ1n) is 9.06. The maximum absolute atomic E-state index is 12.5. The zero-order valence-corrected chi connectivity index (χ0v) is 17.4. The molecular formula is C23H29ClO2. The highest BCUT2D eigenvalue weighted by Gasteiger charge is 2.26. The summed E-state index contributed by atoms with van der Waals surface area (Å²) in [5.41, 5.74) is 3.13. The van der Waals surface area contributed by atoms with Gasteiger partial charge in [-0.25, -0.2) is 0 Å². The lowest BCUT2D eigenvalue weighted by Gasteiger charge is -2.28. The van der Waals surface area contributed by atoms with E-state index >= 15 is 0 Å². The second-order valence-corrected chi connectivity index (χ2v) is 9.35. The Hall–Kier alpha value is -1.80. The largest absolute Gasteiger partial charge is 0.507 e. The minimum Gasteiger partial charge on any atom is -0.507 e. The molecule has 0 unspecified atom stereocenters. The van der Waals surface area contributed by atoms with Gasteiger partial charge < -0.3 is 5.11 Å². The molecule has 0 amide bonds. The van der Waals surface area contributed by atoms with Crippen molar-refractivity contribution in [1.82, 2.24) is 0 Å². The van der Waals surface area contributed by atoms with Crippen LogP contribution in [-0.2, 0) is 17.3 Å². The van der Waals surface area contributed by atoms with E-state index in [-0.39, 0.29) is 16.6 Å². The van der Waals surface area contributed by atoms with E-state index in [2.05, 4.69) is 41.5 Å². The number of phenols is 1. The molecule has 0 aliphatic rings. The van der Waals surface area contributed by atoms with Crippen molar-refractivity contribution >= 4 is 17.4 Å². The van der Waals surface area contributed by atoms with Gasteiger partial charge in [0.25, 0.3) is 0 Å². The molecule has 2 rings (SSSR count). The Balaban J connectivity index is 2.35. The fourth-order valence-corrected chi connectivity index (χ4v) is 3.30. The van der Waals surface area contributed by atoms with Gasteiger partial charge in [0, 0.05) is 12.0 Å². The van der Waals surface area contributed by atoms with Gasteiger partial charge in [-0.1, -0.05) is 77.4 Å². The summed E-state index contributed by atoms with van der Waals surface area (Å²) in [4.78, 5) is 12.5. The summed E-state index contributed by atoms with van der Waals surface area (Å²) in [6.07, 6.45) is 1.01. The van der Waals surface area contributed by atoms with Crippen molar-refractivity contribution in [2.75, 3.05) is 0 Å². The molecule has 0 atom stereocenters. The van der Waals surface area contributed by atoms with E-state index < -0.39 is 0 Å². The molecule has 0 fully saturated rings. The van der Waals surface area contributed by atoms with Crippen LogP contribution in [-0.4, -0.2) is 10.9 Å². The van der Waals surface area contributed by atoms with Gasteiger partial charge in [-0.15, -0.1) is 0 Å². The van der Waals surface area contributed by atoms with E-state index in [0.29, 0.717) is 29.2 Å². The van der Waals surface area contributed by atoms with E-state index in [0.717, 1.165) is 16.7 Å². The molecule has 2 nitrogen and oxygen atoms in total. The molecule has 0 saturated heterocycles. The number of phenolic OH excluding ortho intramolecular Hbond substituents is 1. The minimum atomic E-state index is -0.174. The van der Waals surface area contributed by atoms with Gasteiger partial charge in [-0.3, -0.25) is 4.79 Å². The van der Waals surface area contributed by atoms with Gasteiger partial charge >= 0.3 is 0 Å². The highest BCUT2D eigenvalue weighted by Crippen LogP contribution is 2.40. The van der Waals surface area contributed by atoms with Crippen LogP contribution in [0.3, 0.4) is 0 Å². The Bertz CT molecular complexity index is 773. The van der Waals surface area contributed by atoms with Crippen LogP contribution in [0.2, 0.25) is 5.02 Å². The lowest BCUT2D eigenvalue weighted by molar-refractivity contribution is 0.0983. The fraction of sp³-hybridized carbons (Fsp3) is 0.435. The van der Waals surface area contributed by atoms with Crippen LogP contribution in [0, 0.1) is 0 Å². The predicted octanol–water partition coefficient (Wildman–Crippen LogP) is 6.46. The molecule has 0 saturated carbocycles. The Labute approximate surface area is 162 Å². The Kier molecular flexibility index (Phi) is 5.87. The number of hydrogen-bond acceptors (Lipinski definition) is 2. The summed E-state index contributed by atoms with van der Waals surface area (Å²) in [5.74, 6) is 0.407. The zero-order chi connectivity index (χ0) is 19.7. The molecule has 1 N–H and O–H groups in total. The van der Waals surface area contributed by atoms with Crippen molar-refractivity contribution in [3.63, 3.8) is 0 Å². The topological polar surface area (TPSA) is 37.3 Å². The molecule has 2 aromatic carbocycles. The number of benzene rings is 2. The molecule has 0 heterocycles. The van der Waals surface area contributed by atoms with E-state index in [1.807, 2.05) is 24.3 Å². The predicted molar refractivity (Wildman–Crippen MR) is 110 cm³/mol. The molecule has 0 aromatic heterocycles. The number of hydrogen-bond donors (Lipinski definition) is 1. The number of ketones is 1. The smallest absolute Gasteiger partial charge is 0.164 e. The van der Waals surface area contributed by atoms with E-state index in [1.54, 1.807) is 12.1 Å². The monoisotopic (exact) mass is 372 g/mol. The normalized spacial score (nSPS) is 12.3. The van der Waals surface area contributed by atoms with Gasteiger partial charge in [0.05, 0.1) is 5.02 Å². The molecular weight excluding hydrogens is 344 g/mol. The van der Waals surface area contributed by atoms with Crippen LogP contribution in [0.15, 0.2) is 36.4 Å². The molecule has 0 aliphatic heterocycles. The number of carbonyl (C=O) groups is 1. The SMILES string of the molecule is CC(C)(C)c1cc(CCC(=O)c2ccccc2Cl)cc(C(C)(C)C)c1O. The van der Waals surface area contributed by atoms with Crippen molar-refractivity contribution in [2.45, 2.75) is 65.2 Å². The second-order valence-electron chi connectivity index (χ2n) is 8.94.